The van der Waals surface area contributed by atoms with Crippen molar-refractivity contribution in [2.45, 2.75) is 31.8 Å². The Hall–Kier alpha value is -3.28. The second-order valence-corrected chi connectivity index (χ2v) is 10.0. The van der Waals surface area contributed by atoms with Crippen LogP contribution in [-0.2, 0) is 17.8 Å². The normalized spacial score (nSPS) is 13.1. The number of H-pyrrole nitrogens is 1. The number of nitrogens with one attached hydrogen (secondary N) is 1. The van der Waals surface area contributed by atoms with Gasteiger partial charge in [0.15, 0.2) is 0 Å². The predicted molar refractivity (Wildman–Crippen MR) is 144 cm³/mol. The fourth-order valence-electron chi connectivity index (χ4n) is 4.48. The summed E-state index contributed by atoms with van der Waals surface area (Å²) in [4.78, 5) is 33.8. The number of benzene rings is 3. The molecule has 1 aliphatic rings. The molecule has 1 N–H and O–H groups in total. The van der Waals surface area contributed by atoms with Gasteiger partial charge < -0.3 is 14.8 Å². The van der Waals surface area contributed by atoms with Gasteiger partial charge in [-0.1, -0.05) is 65.7 Å². The zero-order chi connectivity index (χ0) is 25.1. The first-order valence-corrected chi connectivity index (χ1v) is 12.9. The highest BCUT2D eigenvalue weighted by atomic mass is 35.5. The molecule has 1 fully saturated rings. The molecule has 0 radical (unpaired) electrons. The molecule has 1 saturated carbocycles. The van der Waals surface area contributed by atoms with Gasteiger partial charge in [0.1, 0.15) is 6.54 Å². The summed E-state index contributed by atoms with van der Waals surface area (Å²) in [5.41, 5.74) is 3.66. The smallest absolute Gasteiger partial charge is 0.256 e. The van der Waals surface area contributed by atoms with Crippen molar-refractivity contribution < 1.29 is 9.59 Å². The molecular weight excluding hydrogens is 493 g/mol. The van der Waals surface area contributed by atoms with Crippen molar-refractivity contribution in [2.24, 2.45) is 0 Å². The number of hydrogen-bond acceptors (Lipinski definition) is 2. The third kappa shape index (κ3) is 5.58. The zero-order valence-electron chi connectivity index (χ0n) is 19.8. The highest BCUT2D eigenvalue weighted by Gasteiger charge is 2.35. The molecule has 0 unspecified atom stereocenters. The van der Waals surface area contributed by atoms with E-state index in [2.05, 4.69) is 11.1 Å². The molecule has 0 atom stereocenters. The fraction of sp³-hybridized carbons (Fsp3) is 0.241. The molecule has 0 bridgehead atoms. The number of carbonyl (C=O) groups excluding carboxylic acids is 2. The molecule has 0 aliphatic heterocycles. The Kier molecular flexibility index (Phi) is 7.30. The van der Waals surface area contributed by atoms with E-state index < -0.39 is 0 Å². The molecule has 0 spiro atoms. The van der Waals surface area contributed by atoms with Crippen LogP contribution in [0.3, 0.4) is 0 Å². The molecule has 4 aromatic rings. The first-order chi connectivity index (χ1) is 17.5. The second-order valence-electron chi connectivity index (χ2n) is 9.20. The van der Waals surface area contributed by atoms with Crippen LogP contribution in [0, 0.1) is 0 Å². The van der Waals surface area contributed by atoms with Crippen LogP contribution in [0.2, 0.25) is 10.0 Å². The van der Waals surface area contributed by atoms with Crippen molar-refractivity contribution in [1.29, 1.82) is 0 Å². The van der Waals surface area contributed by atoms with Crippen LogP contribution in [0.25, 0.3) is 10.9 Å². The molecule has 0 saturated heterocycles. The third-order valence-electron chi connectivity index (χ3n) is 6.62. The lowest BCUT2D eigenvalue weighted by atomic mass is 10.1. The number of nitrogens with zero attached hydrogens (tertiary/aromatic N) is 2. The SMILES string of the molecule is O=C(CN(C(=O)c1ccccc1Cl)C1CC1)N(CCc1c[nH]c2ccccc12)Cc1ccc(Cl)cc1. The minimum absolute atomic E-state index is 0.0240. The summed E-state index contributed by atoms with van der Waals surface area (Å²) in [5.74, 6) is -0.281. The van der Waals surface area contributed by atoms with Gasteiger partial charge in [0.25, 0.3) is 5.91 Å². The minimum Gasteiger partial charge on any atom is -0.361 e. The molecule has 36 heavy (non-hydrogen) atoms. The number of fused-ring (bicyclic) bond motifs is 1. The monoisotopic (exact) mass is 519 g/mol. The van der Waals surface area contributed by atoms with Gasteiger partial charge in [-0.25, -0.2) is 0 Å². The summed E-state index contributed by atoms with van der Waals surface area (Å²) >= 11 is 12.4. The minimum atomic E-state index is -0.195. The quantitative estimate of drug-likeness (QED) is 0.280. The summed E-state index contributed by atoms with van der Waals surface area (Å²) in [6.07, 6.45) is 4.50. The van der Waals surface area contributed by atoms with E-state index in [0.29, 0.717) is 35.1 Å². The van der Waals surface area contributed by atoms with Crippen molar-refractivity contribution in [1.82, 2.24) is 14.8 Å². The molecule has 2 amide bonds. The van der Waals surface area contributed by atoms with Gasteiger partial charge in [0.05, 0.1) is 10.6 Å². The molecule has 5 rings (SSSR count). The number of para-hydroxylation sites is 1. The van der Waals surface area contributed by atoms with E-state index in [1.54, 1.807) is 29.2 Å². The van der Waals surface area contributed by atoms with Gasteiger partial charge >= 0.3 is 0 Å². The van der Waals surface area contributed by atoms with E-state index in [4.69, 9.17) is 23.2 Å². The Morgan fingerprint density at radius 1 is 0.917 bits per heavy atom. The summed E-state index contributed by atoms with van der Waals surface area (Å²) in [7, 11) is 0. The maximum atomic E-state index is 13.7. The Morgan fingerprint density at radius 3 is 2.39 bits per heavy atom. The number of halogens is 2. The van der Waals surface area contributed by atoms with Crippen molar-refractivity contribution in [3.05, 3.63) is 106 Å². The molecule has 1 aromatic heterocycles. The number of rotatable bonds is 9. The fourth-order valence-corrected chi connectivity index (χ4v) is 4.83. The van der Waals surface area contributed by atoms with E-state index in [0.717, 1.165) is 34.9 Å². The Labute approximate surface area is 220 Å². The topological polar surface area (TPSA) is 56.4 Å². The number of aromatic nitrogens is 1. The van der Waals surface area contributed by atoms with Crippen LogP contribution in [0.5, 0.6) is 0 Å². The Bertz CT molecular complexity index is 1380. The summed E-state index contributed by atoms with van der Waals surface area (Å²) in [6.45, 7) is 0.995. The van der Waals surface area contributed by atoms with Gasteiger partial charge in [-0.15, -0.1) is 0 Å². The summed E-state index contributed by atoms with van der Waals surface area (Å²) < 4.78 is 0. The average Bonchev–Trinajstić information content (AvgIpc) is 3.65. The predicted octanol–water partition coefficient (Wildman–Crippen LogP) is 6.35. The highest BCUT2D eigenvalue weighted by Crippen LogP contribution is 2.30. The van der Waals surface area contributed by atoms with Crippen LogP contribution < -0.4 is 0 Å². The third-order valence-corrected chi connectivity index (χ3v) is 7.21. The number of hydrogen-bond donors (Lipinski definition) is 1. The molecule has 3 aromatic carbocycles. The lowest BCUT2D eigenvalue weighted by Gasteiger charge is -2.28. The average molecular weight is 520 g/mol. The van der Waals surface area contributed by atoms with Gasteiger partial charge in [0, 0.05) is 41.3 Å². The summed E-state index contributed by atoms with van der Waals surface area (Å²) in [5, 5.41) is 2.21. The van der Waals surface area contributed by atoms with Gasteiger partial charge in [-0.2, -0.15) is 0 Å². The first-order valence-electron chi connectivity index (χ1n) is 12.1. The maximum absolute atomic E-state index is 13.7. The van der Waals surface area contributed by atoms with Crippen molar-refractivity contribution in [3.63, 3.8) is 0 Å². The molecular formula is C29H27Cl2N3O2. The standard InChI is InChI=1S/C29H27Cl2N3O2/c30-22-11-9-20(10-12-22)18-33(16-15-21-17-32-27-8-4-2-5-24(21)27)28(35)19-34(23-13-14-23)29(36)25-6-1-3-7-26(25)31/h1-12,17,23,32H,13-16,18-19H2. The largest absolute Gasteiger partial charge is 0.361 e. The molecule has 5 nitrogen and oxygen atoms in total. The van der Waals surface area contributed by atoms with Crippen LogP contribution >= 0.6 is 23.2 Å². The number of aromatic amines is 1. The maximum Gasteiger partial charge on any atom is 0.256 e. The van der Waals surface area contributed by atoms with Crippen molar-refractivity contribution in [2.75, 3.05) is 13.1 Å². The number of carbonyl (C=O) groups is 2. The first kappa shape index (κ1) is 24.4. The van der Waals surface area contributed by atoms with Crippen LogP contribution in [0.1, 0.15) is 34.3 Å². The van der Waals surface area contributed by atoms with E-state index >= 15 is 0 Å². The van der Waals surface area contributed by atoms with Gasteiger partial charge in [-0.05, 0) is 60.7 Å². The van der Waals surface area contributed by atoms with Crippen molar-refractivity contribution in [3.8, 4) is 0 Å². The zero-order valence-corrected chi connectivity index (χ0v) is 21.3. The second kappa shape index (κ2) is 10.8. The van der Waals surface area contributed by atoms with Crippen LogP contribution in [0.15, 0.2) is 79.0 Å². The van der Waals surface area contributed by atoms with E-state index in [9.17, 15) is 9.59 Å². The molecule has 7 heteroatoms. The number of amides is 2. The molecule has 1 aliphatic carbocycles. The molecule has 184 valence electrons. The summed E-state index contributed by atoms with van der Waals surface area (Å²) in [6, 6.07) is 22.8. The van der Waals surface area contributed by atoms with E-state index in [-0.39, 0.29) is 24.4 Å². The Morgan fingerprint density at radius 2 is 1.64 bits per heavy atom. The van der Waals surface area contributed by atoms with Crippen molar-refractivity contribution >= 4 is 45.9 Å². The highest BCUT2D eigenvalue weighted by molar-refractivity contribution is 6.33. The lowest BCUT2D eigenvalue weighted by Crippen LogP contribution is -2.44. The lowest BCUT2D eigenvalue weighted by molar-refractivity contribution is -0.132. The molecule has 1 heterocycles. The van der Waals surface area contributed by atoms with Gasteiger partial charge in [-0.3, -0.25) is 9.59 Å². The van der Waals surface area contributed by atoms with Crippen LogP contribution in [0.4, 0.5) is 0 Å². The Balaban J connectivity index is 1.36. The van der Waals surface area contributed by atoms with E-state index in [1.807, 2.05) is 53.6 Å². The van der Waals surface area contributed by atoms with Crippen LogP contribution in [-0.4, -0.2) is 45.7 Å². The van der Waals surface area contributed by atoms with Gasteiger partial charge in [0.2, 0.25) is 5.91 Å². The van der Waals surface area contributed by atoms with E-state index in [1.165, 1.54) is 0 Å².